The third kappa shape index (κ3) is 5.50. The van der Waals surface area contributed by atoms with Crippen LogP contribution in [0.1, 0.15) is 33.4 Å². The number of hydrogen-bond acceptors (Lipinski definition) is 6. The number of rotatable bonds is 4. The molecule has 7 aromatic carbocycles. The van der Waals surface area contributed by atoms with E-state index < -0.39 is 0 Å². The molecule has 9 rings (SSSR count). The predicted octanol–water partition coefficient (Wildman–Crippen LogP) is 13.1. The van der Waals surface area contributed by atoms with E-state index in [0.29, 0.717) is 11.1 Å². The smallest absolute Gasteiger partial charge is 0.151 e. The van der Waals surface area contributed by atoms with E-state index in [2.05, 4.69) is 110 Å². The van der Waals surface area contributed by atoms with Crippen molar-refractivity contribution in [3.05, 3.63) is 167 Å². The van der Waals surface area contributed by atoms with Gasteiger partial charge in [-0.25, -0.2) is 0 Å². The molecule has 6 nitrogen and oxygen atoms in total. The quantitative estimate of drug-likeness (QED) is 0.182. The molecule has 7 aromatic rings. The molecule has 0 saturated carbocycles. The van der Waals surface area contributed by atoms with Crippen LogP contribution in [0, 0.1) is 50.4 Å². The third-order valence-electron chi connectivity index (χ3n) is 10.1. The number of nitrogens with zero attached hydrogens (tertiary/aromatic N) is 4. The lowest BCUT2D eigenvalue weighted by Crippen LogP contribution is -2.20. The number of nitriles is 2. The summed E-state index contributed by atoms with van der Waals surface area (Å²) in [4.78, 5) is 4.62. The van der Waals surface area contributed by atoms with Crippen molar-refractivity contribution in [2.45, 2.75) is 27.7 Å². The van der Waals surface area contributed by atoms with Crippen molar-refractivity contribution in [1.29, 1.82) is 10.5 Å². The molecule has 6 heteroatoms. The first-order valence-electron chi connectivity index (χ1n) is 17.9. The summed E-state index contributed by atoms with van der Waals surface area (Å²) in [6.07, 6.45) is 0. The Morgan fingerprint density at radius 1 is 0.370 bits per heavy atom. The first kappa shape index (κ1) is 32.6. The summed E-state index contributed by atoms with van der Waals surface area (Å²) in [6, 6.07) is 49.7. The maximum absolute atomic E-state index is 9.73. The van der Waals surface area contributed by atoms with Crippen molar-refractivity contribution < 1.29 is 9.47 Å². The van der Waals surface area contributed by atoms with Gasteiger partial charge in [0.2, 0.25) is 0 Å². The van der Waals surface area contributed by atoms with Crippen molar-refractivity contribution >= 4 is 34.1 Å². The lowest BCUT2D eigenvalue weighted by atomic mass is 9.92. The van der Waals surface area contributed by atoms with E-state index >= 15 is 0 Å². The van der Waals surface area contributed by atoms with Gasteiger partial charge < -0.3 is 19.3 Å². The average molecular weight is 699 g/mol. The van der Waals surface area contributed by atoms with Gasteiger partial charge >= 0.3 is 0 Å². The number of ether oxygens (including phenoxy) is 2. The molecule has 258 valence electrons. The van der Waals surface area contributed by atoms with E-state index in [1.54, 1.807) is 0 Å². The van der Waals surface area contributed by atoms with Crippen LogP contribution in [0.3, 0.4) is 0 Å². The van der Waals surface area contributed by atoms with Crippen molar-refractivity contribution in [3.63, 3.8) is 0 Å². The van der Waals surface area contributed by atoms with Gasteiger partial charge in [-0.15, -0.1) is 0 Å². The second-order valence-corrected chi connectivity index (χ2v) is 14.0. The van der Waals surface area contributed by atoms with Gasteiger partial charge in [-0.1, -0.05) is 48.5 Å². The molecule has 0 unspecified atom stereocenters. The standard InChI is InChI=1S/C48H34N4O2/c1-29-5-17-45-41(21-29)51(42-22-30(2)6-18-46(42)53-45)39-26-40(52-43-23-31(3)7-19-47(43)54-48-20-8-32(4)24-44(48)52)38(36-15-11-34(28-50)12-16-36)25-37(39)35-13-9-33(27-49)10-14-35/h5-26H,1-4H3. The van der Waals surface area contributed by atoms with Gasteiger partial charge in [-0.2, -0.15) is 10.5 Å². The van der Waals surface area contributed by atoms with Crippen molar-refractivity contribution in [1.82, 2.24) is 0 Å². The van der Waals surface area contributed by atoms with Crippen molar-refractivity contribution in [2.24, 2.45) is 0 Å². The van der Waals surface area contributed by atoms with Gasteiger partial charge in [0.25, 0.3) is 0 Å². The zero-order chi connectivity index (χ0) is 37.1. The molecular weight excluding hydrogens is 665 g/mol. The molecule has 2 heterocycles. The highest BCUT2D eigenvalue weighted by molar-refractivity contribution is 6.02. The van der Waals surface area contributed by atoms with Crippen molar-refractivity contribution in [3.8, 4) is 57.4 Å². The van der Waals surface area contributed by atoms with E-state index in [4.69, 9.17) is 9.47 Å². The maximum atomic E-state index is 9.73. The molecular formula is C48H34N4O2. The Morgan fingerprint density at radius 3 is 0.981 bits per heavy atom. The molecule has 0 fully saturated rings. The first-order chi connectivity index (χ1) is 26.3. The Hall–Kier alpha value is -7.28. The highest BCUT2D eigenvalue weighted by Gasteiger charge is 2.33. The molecule has 0 bridgehead atoms. The number of benzene rings is 7. The lowest BCUT2D eigenvalue weighted by Gasteiger charge is -2.38. The van der Waals surface area contributed by atoms with Crippen LogP contribution in [-0.2, 0) is 0 Å². The molecule has 2 aliphatic rings. The SMILES string of the molecule is Cc1ccc2c(c1)N(c1cc(N3c4cc(C)ccc4Oc4ccc(C)cc43)c(-c3ccc(C#N)cc3)cc1-c1ccc(C#N)cc1)c1cc(C)ccc1O2. The van der Waals surface area contributed by atoms with Crippen LogP contribution in [0.5, 0.6) is 23.0 Å². The fourth-order valence-electron chi connectivity index (χ4n) is 7.43. The molecule has 0 aliphatic carbocycles. The van der Waals surface area contributed by atoms with E-state index in [9.17, 15) is 10.5 Å². The van der Waals surface area contributed by atoms with Gasteiger partial charge in [-0.3, -0.25) is 0 Å². The zero-order valence-corrected chi connectivity index (χ0v) is 30.3. The lowest BCUT2D eigenvalue weighted by molar-refractivity contribution is 0.476. The summed E-state index contributed by atoms with van der Waals surface area (Å²) in [7, 11) is 0. The third-order valence-corrected chi connectivity index (χ3v) is 10.1. The molecule has 0 N–H and O–H groups in total. The number of aryl methyl sites for hydroxylation is 4. The van der Waals surface area contributed by atoms with Gasteiger partial charge in [0, 0.05) is 11.1 Å². The van der Waals surface area contributed by atoms with Gasteiger partial charge in [0.05, 0.1) is 57.4 Å². The number of hydrogen-bond donors (Lipinski definition) is 0. The Balaban J connectivity index is 1.43. The Labute approximate surface area is 314 Å². The van der Waals surface area contributed by atoms with Crippen LogP contribution in [0.2, 0.25) is 0 Å². The highest BCUT2D eigenvalue weighted by atomic mass is 16.5. The Bertz CT molecular complexity index is 2450. The van der Waals surface area contributed by atoms with E-state index in [1.807, 2.05) is 72.8 Å². The summed E-state index contributed by atoms with van der Waals surface area (Å²) >= 11 is 0. The van der Waals surface area contributed by atoms with Crippen LogP contribution in [-0.4, -0.2) is 0 Å². The average Bonchev–Trinajstić information content (AvgIpc) is 3.19. The summed E-state index contributed by atoms with van der Waals surface area (Å²) in [5.41, 5.74) is 15.0. The van der Waals surface area contributed by atoms with Gasteiger partial charge in [0.1, 0.15) is 0 Å². The molecule has 2 aliphatic heterocycles. The topological polar surface area (TPSA) is 72.5 Å². The summed E-state index contributed by atoms with van der Waals surface area (Å²) in [5.74, 6) is 3.03. The Kier molecular flexibility index (Phi) is 7.69. The molecule has 54 heavy (non-hydrogen) atoms. The van der Waals surface area contributed by atoms with Crippen LogP contribution in [0.4, 0.5) is 34.1 Å². The molecule has 0 radical (unpaired) electrons. The highest BCUT2D eigenvalue weighted by Crippen LogP contribution is 2.58. The van der Waals surface area contributed by atoms with Gasteiger partial charge in [0.15, 0.2) is 23.0 Å². The zero-order valence-electron chi connectivity index (χ0n) is 30.3. The molecule has 0 atom stereocenters. The molecule has 0 amide bonds. The minimum absolute atomic E-state index is 0.588. The molecule has 0 aromatic heterocycles. The van der Waals surface area contributed by atoms with Crippen LogP contribution < -0.4 is 19.3 Å². The predicted molar refractivity (Wildman–Crippen MR) is 215 cm³/mol. The summed E-state index contributed by atoms with van der Waals surface area (Å²) in [5, 5.41) is 19.5. The summed E-state index contributed by atoms with van der Waals surface area (Å²) < 4.78 is 13.1. The van der Waals surface area contributed by atoms with Crippen LogP contribution in [0.25, 0.3) is 22.3 Å². The Morgan fingerprint density at radius 2 is 0.685 bits per heavy atom. The second-order valence-electron chi connectivity index (χ2n) is 14.0. The van der Waals surface area contributed by atoms with Crippen LogP contribution in [0.15, 0.2) is 133 Å². The maximum Gasteiger partial charge on any atom is 0.151 e. The fourth-order valence-corrected chi connectivity index (χ4v) is 7.43. The van der Waals surface area contributed by atoms with Gasteiger partial charge in [-0.05, 0) is 146 Å². The second kappa shape index (κ2) is 12.7. The monoisotopic (exact) mass is 698 g/mol. The van der Waals surface area contributed by atoms with Crippen molar-refractivity contribution in [2.75, 3.05) is 9.80 Å². The minimum atomic E-state index is 0.588. The normalized spacial score (nSPS) is 12.3. The number of anilines is 6. The largest absolute Gasteiger partial charge is 0.453 e. The molecule has 0 spiro atoms. The fraction of sp³-hybridized carbons (Fsp3) is 0.0833. The van der Waals surface area contributed by atoms with E-state index in [-0.39, 0.29) is 0 Å². The van der Waals surface area contributed by atoms with Crippen LogP contribution >= 0.6 is 0 Å². The number of fused-ring (bicyclic) bond motifs is 4. The molecule has 0 saturated heterocycles. The first-order valence-corrected chi connectivity index (χ1v) is 17.9. The minimum Gasteiger partial charge on any atom is -0.453 e. The summed E-state index contributed by atoms with van der Waals surface area (Å²) in [6.45, 7) is 8.38. The van der Waals surface area contributed by atoms with E-state index in [1.165, 1.54) is 0 Å². The van der Waals surface area contributed by atoms with E-state index in [0.717, 1.165) is 102 Å².